The van der Waals surface area contributed by atoms with Crippen LogP contribution in [0, 0.1) is 13.8 Å². The fourth-order valence-corrected chi connectivity index (χ4v) is 3.55. The predicted molar refractivity (Wildman–Crippen MR) is 59.7 cm³/mol. The third-order valence-corrected chi connectivity index (χ3v) is 5.57. The molecular weight excluding hydrogens is 216 g/mol. The van der Waals surface area contributed by atoms with Crippen LogP contribution in [0.5, 0.6) is 0 Å². The number of benzene rings is 1. The van der Waals surface area contributed by atoms with Crippen molar-refractivity contribution in [1.82, 2.24) is 0 Å². The second kappa shape index (κ2) is 3.84. The van der Waals surface area contributed by atoms with Gasteiger partial charge in [0.25, 0.3) is 10.1 Å². The average Bonchev–Trinajstić information content (AvgIpc) is 2.14. The number of hydrogen-bond donors (Lipinski definition) is 0. The van der Waals surface area contributed by atoms with Crippen molar-refractivity contribution in [1.29, 1.82) is 0 Å². The minimum Gasteiger partial charge on any atom is -0.270 e. The maximum atomic E-state index is 11.5. The van der Waals surface area contributed by atoms with Gasteiger partial charge in [0, 0.05) is 10.2 Å². The van der Waals surface area contributed by atoms with E-state index in [1.807, 2.05) is 19.9 Å². The molecule has 0 aliphatic carbocycles. The van der Waals surface area contributed by atoms with Gasteiger partial charge in [0.1, 0.15) is 0 Å². The monoisotopic (exact) mass is 230 g/mol. The Labute approximate surface area is 87.6 Å². The summed E-state index contributed by atoms with van der Waals surface area (Å²) in [5.41, 5.74) is 2.17. The Balaban J connectivity index is 3.47. The maximum Gasteiger partial charge on any atom is 0.296 e. The molecule has 0 saturated carbocycles. The third-order valence-electron chi connectivity index (χ3n) is 2.50. The van der Waals surface area contributed by atoms with Crippen molar-refractivity contribution in [2.75, 3.05) is 7.11 Å². The van der Waals surface area contributed by atoms with Crippen LogP contribution < -0.4 is 5.19 Å². The maximum absolute atomic E-state index is 11.5. The lowest BCUT2D eigenvalue weighted by Gasteiger charge is -2.10. The molecule has 0 aliphatic rings. The van der Waals surface area contributed by atoms with Crippen molar-refractivity contribution in [3.05, 3.63) is 23.3 Å². The Morgan fingerprint density at radius 2 is 1.86 bits per heavy atom. The summed E-state index contributed by atoms with van der Waals surface area (Å²) < 4.78 is 27.5. The smallest absolute Gasteiger partial charge is 0.270 e. The van der Waals surface area contributed by atoms with Gasteiger partial charge in [0.05, 0.1) is 12.0 Å². The van der Waals surface area contributed by atoms with E-state index < -0.39 is 10.1 Å². The van der Waals surface area contributed by atoms with Gasteiger partial charge in [0.15, 0.2) is 0 Å². The van der Waals surface area contributed by atoms with Gasteiger partial charge in [-0.15, -0.1) is 0 Å². The van der Waals surface area contributed by atoms with Crippen LogP contribution in [0.4, 0.5) is 0 Å². The molecule has 5 heteroatoms. The Bertz CT molecular complexity index is 451. The quantitative estimate of drug-likeness (QED) is 0.514. The minimum absolute atomic E-state index is 0.315. The van der Waals surface area contributed by atoms with Crippen molar-refractivity contribution in [3.63, 3.8) is 0 Å². The molecule has 0 unspecified atom stereocenters. The van der Waals surface area contributed by atoms with Crippen LogP contribution in [-0.4, -0.2) is 25.8 Å². The lowest BCUT2D eigenvalue weighted by Crippen LogP contribution is -2.20. The van der Waals surface area contributed by atoms with E-state index in [0.717, 1.165) is 16.3 Å². The zero-order valence-electron chi connectivity index (χ0n) is 8.79. The van der Waals surface area contributed by atoms with Crippen LogP contribution in [0.2, 0.25) is 0 Å². The summed E-state index contributed by atoms with van der Waals surface area (Å²) in [5, 5.41) is 0.895. The lowest BCUT2D eigenvalue weighted by molar-refractivity contribution is 0.398. The summed E-state index contributed by atoms with van der Waals surface area (Å²) in [6, 6.07) is 3.42. The first kappa shape index (κ1) is 11.4. The zero-order chi connectivity index (χ0) is 10.9. The molecule has 78 valence electrons. The van der Waals surface area contributed by atoms with E-state index in [9.17, 15) is 8.42 Å². The summed E-state index contributed by atoms with van der Waals surface area (Å²) in [6.45, 7) is 3.91. The number of rotatable bonds is 2. The highest BCUT2D eigenvalue weighted by Gasteiger charge is 2.17. The highest BCUT2D eigenvalue weighted by molar-refractivity contribution is 7.87. The van der Waals surface area contributed by atoms with Gasteiger partial charge in [-0.2, -0.15) is 8.42 Å². The van der Waals surface area contributed by atoms with Gasteiger partial charge < -0.3 is 0 Å². The van der Waals surface area contributed by atoms with E-state index in [4.69, 9.17) is 0 Å². The third kappa shape index (κ3) is 1.89. The molecule has 1 rings (SSSR count). The fraction of sp³-hybridized carbons (Fsp3) is 0.333. The van der Waals surface area contributed by atoms with Gasteiger partial charge in [-0.25, -0.2) is 0 Å². The first-order valence-electron chi connectivity index (χ1n) is 4.27. The second-order valence-electron chi connectivity index (χ2n) is 3.25. The van der Waals surface area contributed by atoms with Gasteiger partial charge in [-0.1, -0.05) is 6.07 Å². The van der Waals surface area contributed by atoms with E-state index in [1.165, 1.54) is 7.11 Å². The van der Waals surface area contributed by atoms with Gasteiger partial charge in [0.2, 0.25) is 0 Å². The van der Waals surface area contributed by atoms with Crippen LogP contribution in [-0.2, 0) is 14.3 Å². The largest absolute Gasteiger partial charge is 0.296 e. The normalized spacial score (nSPS) is 11.9. The van der Waals surface area contributed by atoms with E-state index >= 15 is 0 Å². The Kier molecular flexibility index (Phi) is 3.13. The topological polar surface area (TPSA) is 43.4 Å². The first-order chi connectivity index (χ1) is 6.40. The van der Waals surface area contributed by atoms with Crippen molar-refractivity contribution >= 4 is 25.5 Å². The second-order valence-corrected chi connectivity index (χ2v) is 5.93. The fourth-order valence-electron chi connectivity index (χ4n) is 1.29. The standard InChI is InChI=1S/C9H14O3SSi/c1-6-4-5-8(9(14)7(6)2)13(10,11)12-3/h4-5H,1-3,14H3. The summed E-state index contributed by atoms with van der Waals surface area (Å²) in [5.74, 6) is 0. The summed E-state index contributed by atoms with van der Waals surface area (Å²) in [6.07, 6.45) is 0. The molecule has 0 fully saturated rings. The molecule has 0 spiro atoms. The molecule has 0 atom stereocenters. The average molecular weight is 230 g/mol. The lowest BCUT2D eigenvalue weighted by atomic mass is 10.1. The van der Waals surface area contributed by atoms with Crippen LogP contribution in [0.3, 0.4) is 0 Å². The predicted octanol–water partition coefficient (Wildman–Crippen LogP) is -0.371. The van der Waals surface area contributed by atoms with Gasteiger partial charge in [-0.3, -0.25) is 4.18 Å². The molecule has 0 radical (unpaired) electrons. The first-order valence-corrected chi connectivity index (χ1v) is 6.68. The van der Waals surface area contributed by atoms with E-state index in [-0.39, 0.29) is 0 Å². The molecule has 14 heavy (non-hydrogen) atoms. The van der Waals surface area contributed by atoms with Crippen LogP contribution in [0.1, 0.15) is 11.1 Å². The SMILES string of the molecule is COS(=O)(=O)c1ccc(C)c(C)c1[SiH3]. The summed E-state index contributed by atoms with van der Waals surface area (Å²) in [7, 11) is -1.64. The Morgan fingerprint density at radius 1 is 1.29 bits per heavy atom. The molecule has 0 aromatic heterocycles. The molecule has 0 N–H and O–H groups in total. The van der Waals surface area contributed by atoms with Crippen molar-refractivity contribution in [2.24, 2.45) is 0 Å². The van der Waals surface area contributed by atoms with E-state index in [2.05, 4.69) is 4.18 Å². The zero-order valence-corrected chi connectivity index (χ0v) is 11.6. The molecular formula is C9H14O3SSi. The Hall–Kier alpha value is -0.653. The Morgan fingerprint density at radius 3 is 2.36 bits per heavy atom. The molecule has 0 amide bonds. The molecule has 0 aliphatic heterocycles. The van der Waals surface area contributed by atoms with Crippen molar-refractivity contribution in [3.8, 4) is 0 Å². The van der Waals surface area contributed by atoms with Gasteiger partial charge >= 0.3 is 0 Å². The van der Waals surface area contributed by atoms with E-state index in [1.54, 1.807) is 6.07 Å². The van der Waals surface area contributed by atoms with E-state index in [0.29, 0.717) is 15.1 Å². The summed E-state index contributed by atoms with van der Waals surface area (Å²) in [4.78, 5) is 0.315. The van der Waals surface area contributed by atoms with Crippen LogP contribution >= 0.6 is 0 Å². The molecule has 1 aromatic rings. The molecule has 0 bridgehead atoms. The number of hydrogen-bond acceptors (Lipinski definition) is 3. The van der Waals surface area contributed by atoms with Crippen LogP contribution in [0.15, 0.2) is 17.0 Å². The molecule has 0 saturated heterocycles. The van der Waals surface area contributed by atoms with Gasteiger partial charge in [-0.05, 0) is 36.2 Å². The highest BCUT2D eigenvalue weighted by atomic mass is 32.2. The van der Waals surface area contributed by atoms with Crippen molar-refractivity contribution in [2.45, 2.75) is 18.7 Å². The summed E-state index contributed by atoms with van der Waals surface area (Å²) >= 11 is 0. The van der Waals surface area contributed by atoms with Crippen LogP contribution in [0.25, 0.3) is 0 Å². The van der Waals surface area contributed by atoms with Crippen molar-refractivity contribution < 1.29 is 12.6 Å². The molecule has 1 aromatic carbocycles. The number of aryl methyl sites for hydroxylation is 1. The minimum atomic E-state index is -3.53. The molecule has 3 nitrogen and oxygen atoms in total. The highest BCUT2D eigenvalue weighted by Crippen LogP contribution is 2.12. The molecule has 0 heterocycles.